The van der Waals surface area contributed by atoms with Crippen molar-refractivity contribution in [3.8, 4) is 0 Å². The van der Waals surface area contributed by atoms with Crippen molar-refractivity contribution in [1.82, 2.24) is 4.90 Å². The number of piperidine rings is 1. The van der Waals surface area contributed by atoms with Crippen molar-refractivity contribution >= 4 is 0 Å². The van der Waals surface area contributed by atoms with Gasteiger partial charge >= 0.3 is 0 Å². The summed E-state index contributed by atoms with van der Waals surface area (Å²) in [6.45, 7) is 5.75. The molecule has 3 atom stereocenters. The van der Waals surface area contributed by atoms with Crippen molar-refractivity contribution in [2.45, 2.75) is 57.7 Å². The van der Waals surface area contributed by atoms with Crippen LogP contribution in [0.2, 0.25) is 0 Å². The molecule has 1 aromatic rings. The highest BCUT2D eigenvalue weighted by atomic mass is 16.3. The van der Waals surface area contributed by atoms with E-state index in [0.717, 1.165) is 38.0 Å². The molecule has 3 heteroatoms. The molecule has 1 aromatic heterocycles. The minimum Gasteiger partial charge on any atom is -0.469 e. The summed E-state index contributed by atoms with van der Waals surface area (Å²) in [4.78, 5) is 2.59. The van der Waals surface area contributed by atoms with E-state index in [2.05, 4.69) is 24.8 Å². The summed E-state index contributed by atoms with van der Waals surface area (Å²) in [5, 5.41) is 0. The van der Waals surface area contributed by atoms with Gasteiger partial charge in [0, 0.05) is 31.1 Å². The number of hydrogen-bond acceptors (Lipinski definition) is 3. The van der Waals surface area contributed by atoms with Gasteiger partial charge in [0.05, 0.1) is 6.26 Å². The summed E-state index contributed by atoms with van der Waals surface area (Å²) < 4.78 is 5.38. The first-order valence-electron chi connectivity index (χ1n) is 6.70. The summed E-state index contributed by atoms with van der Waals surface area (Å²) in [5.74, 6) is 1.10. The van der Waals surface area contributed by atoms with Crippen LogP contribution in [0.4, 0.5) is 0 Å². The Kier molecular flexibility index (Phi) is 4.24. The Morgan fingerprint density at radius 2 is 2.41 bits per heavy atom. The maximum Gasteiger partial charge on any atom is 0.103 e. The molecule has 17 heavy (non-hydrogen) atoms. The van der Waals surface area contributed by atoms with Crippen molar-refractivity contribution in [3.63, 3.8) is 0 Å². The maximum atomic E-state index is 6.00. The van der Waals surface area contributed by atoms with Gasteiger partial charge in [0.25, 0.3) is 0 Å². The first-order chi connectivity index (χ1) is 8.16. The van der Waals surface area contributed by atoms with Gasteiger partial charge in [-0.3, -0.25) is 4.90 Å². The Morgan fingerprint density at radius 1 is 1.59 bits per heavy atom. The Hall–Kier alpha value is -0.800. The van der Waals surface area contributed by atoms with Gasteiger partial charge in [0.2, 0.25) is 0 Å². The van der Waals surface area contributed by atoms with Crippen LogP contribution in [0, 0.1) is 0 Å². The molecule has 0 amide bonds. The van der Waals surface area contributed by atoms with Crippen molar-refractivity contribution in [2.75, 3.05) is 6.54 Å². The molecule has 3 nitrogen and oxygen atoms in total. The lowest BCUT2D eigenvalue weighted by atomic mass is 9.96. The molecule has 96 valence electrons. The molecule has 1 aliphatic rings. The number of hydrogen-bond donors (Lipinski definition) is 1. The predicted molar refractivity (Wildman–Crippen MR) is 69.9 cm³/mol. The summed E-state index contributed by atoms with van der Waals surface area (Å²) in [5.41, 5.74) is 6.00. The van der Waals surface area contributed by atoms with Crippen molar-refractivity contribution < 1.29 is 4.42 Å². The van der Waals surface area contributed by atoms with E-state index in [0.29, 0.717) is 18.1 Å². The first kappa shape index (κ1) is 12.7. The van der Waals surface area contributed by atoms with Gasteiger partial charge in [-0.25, -0.2) is 0 Å². The van der Waals surface area contributed by atoms with Crippen LogP contribution in [0.15, 0.2) is 22.8 Å². The molecule has 0 aromatic carbocycles. The number of nitrogens with zero attached hydrogens (tertiary/aromatic N) is 1. The molecule has 0 spiro atoms. The monoisotopic (exact) mass is 236 g/mol. The Labute approximate surface area is 104 Å². The molecule has 0 radical (unpaired) electrons. The van der Waals surface area contributed by atoms with E-state index >= 15 is 0 Å². The number of likely N-dealkylation sites (tertiary alicyclic amines) is 1. The van der Waals surface area contributed by atoms with Crippen LogP contribution in [0.25, 0.3) is 0 Å². The molecular weight excluding hydrogens is 212 g/mol. The zero-order chi connectivity index (χ0) is 12.3. The van der Waals surface area contributed by atoms with Crippen LogP contribution >= 0.6 is 0 Å². The van der Waals surface area contributed by atoms with Crippen molar-refractivity contribution in [1.29, 1.82) is 0 Å². The quantitative estimate of drug-likeness (QED) is 0.873. The molecule has 2 N–H and O–H groups in total. The smallest absolute Gasteiger partial charge is 0.103 e. The summed E-state index contributed by atoms with van der Waals surface area (Å²) in [6, 6.07) is 5.65. The van der Waals surface area contributed by atoms with Crippen molar-refractivity contribution in [2.24, 2.45) is 5.73 Å². The molecule has 2 rings (SSSR count). The van der Waals surface area contributed by atoms with Crippen LogP contribution in [0.3, 0.4) is 0 Å². The van der Waals surface area contributed by atoms with Gasteiger partial charge in [-0.1, -0.05) is 0 Å². The predicted octanol–water partition coefficient (Wildman–Crippen LogP) is 2.41. The SMILES string of the molecule is CC(CCc1ccco1)N1CCC(N)CC1C. The van der Waals surface area contributed by atoms with E-state index in [-0.39, 0.29) is 0 Å². The second-order valence-corrected chi connectivity index (χ2v) is 5.34. The van der Waals surface area contributed by atoms with Gasteiger partial charge in [-0.15, -0.1) is 0 Å². The highest BCUT2D eigenvalue weighted by Crippen LogP contribution is 2.21. The second-order valence-electron chi connectivity index (χ2n) is 5.34. The maximum absolute atomic E-state index is 6.00. The molecule has 0 aliphatic carbocycles. The molecular formula is C14H24N2O. The van der Waals surface area contributed by atoms with Crippen molar-refractivity contribution in [3.05, 3.63) is 24.2 Å². The van der Waals surface area contributed by atoms with Crippen LogP contribution in [-0.2, 0) is 6.42 Å². The zero-order valence-corrected chi connectivity index (χ0v) is 10.9. The number of rotatable bonds is 4. The van der Waals surface area contributed by atoms with Gasteiger partial charge in [-0.05, 0) is 45.2 Å². The van der Waals surface area contributed by atoms with E-state index < -0.39 is 0 Å². The fourth-order valence-corrected chi connectivity index (χ4v) is 2.85. The minimum atomic E-state index is 0.401. The average Bonchev–Trinajstić information content (AvgIpc) is 2.78. The van der Waals surface area contributed by atoms with Crippen LogP contribution in [0.1, 0.15) is 38.9 Å². The molecule has 0 saturated carbocycles. The number of nitrogens with two attached hydrogens (primary N) is 1. The molecule has 1 aliphatic heterocycles. The van der Waals surface area contributed by atoms with Crippen LogP contribution in [0.5, 0.6) is 0 Å². The Balaban J connectivity index is 1.81. The standard InChI is InChI=1S/C14H24N2O/c1-11(5-6-14-4-3-9-17-14)16-8-7-13(15)10-12(16)2/h3-4,9,11-13H,5-8,10,15H2,1-2H3. The number of aryl methyl sites for hydroxylation is 1. The summed E-state index contributed by atoms with van der Waals surface area (Å²) in [6.07, 6.45) is 6.21. The molecule has 2 heterocycles. The fraction of sp³-hybridized carbons (Fsp3) is 0.714. The lowest BCUT2D eigenvalue weighted by Crippen LogP contribution is -2.49. The van der Waals surface area contributed by atoms with Gasteiger partial charge in [-0.2, -0.15) is 0 Å². The minimum absolute atomic E-state index is 0.401. The zero-order valence-electron chi connectivity index (χ0n) is 10.9. The van der Waals surface area contributed by atoms with Crippen LogP contribution < -0.4 is 5.73 Å². The summed E-state index contributed by atoms with van der Waals surface area (Å²) >= 11 is 0. The van der Waals surface area contributed by atoms with Gasteiger partial charge < -0.3 is 10.2 Å². The first-order valence-corrected chi connectivity index (χ1v) is 6.70. The topological polar surface area (TPSA) is 42.4 Å². The van der Waals surface area contributed by atoms with E-state index in [1.807, 2.05) is 6.07 Å². The fourth-order valence-electron chi connectivity index (χ4n) is 2.85. The van der Waals surface area contributed by atoms with E-state index in [1.165, 1.54) is 0 Å². The lowest BCUT2D eigenvalue weighted by Gasteiger charge is -2.40. The Morgan fingerprint density at radius 3 is 3.06 bits per heavy atom. The largest absolute Gasteiger partial charge is 0.469 e. The van der Waals surface area contributed by atoms with E-state index in [4.69, 9.17) is 10.2 Å². The number of furan rings is 1. The van der Waals surface area contributed by atoms with Crippen LogP contribution in [-0.4, -0.2) is 29.6 Å². The summed E-state index contributed by atoms with van der Waals surface area (Å²) in [7, 11) is 0. The van der Waals surface area contributed by atoms with E-state index in [9.17, 15) is 0 Å². The third kappa shape index (κ3) is 3.33. The molecule has 1 fully saturated rings. The average molecular weight is 236 g/mol. The van der Waals surface area contributed by atoms with E-state index in [1.54, 1.807) is 6.26 Å². The van der Waals surface area contributed by atoms with Gasteiger partial charge in [0.1, 0.15) is 5.76 Å². The lowest BCUT2D eigenvalue weighted by molar-refractivity contribution is 0.0989. The molecule has 0 bridgehead atoms. The highest BCUT2D eigenvalue weighted by Gasteiger charge is 2.26. The third-order valence-electron chi connectivity index (χ3n) is 3.92. The highest BCUT2D eigenvalue weighted by molar-refractivity contribution is 4.98. The normalized spacial score (nSPS) is 28.2. The molecule has 3 unspecified atom stereocenters. The third-order valence-corrected chi connectivity index (χ3v) is 3.92. The second kappa shape index (κ2) is 5.69. The molecule has 1 saturated heterocycles. The van der Waals surface area contributed by atoms with Gasteiger partial charge in [0.15, 0.2) is 0 Å². The Bertz CT molecular complexity index is 323.